The van der Waals surface area contributed by atoms with Gasteiger partial charge in [0.25, 0.3) is 0 Å². The molecule has 0 unspecified atom stereocenters. The molecular formula is C32H38N4O. The normalized spacial score (nSPS) is 12.5. The smallest absolute Gasteiger partial charge is 0.0894 e. The number of fused-ring (bicyclic) bond motifs is 10. The Morgan fingerprint density at radius 1 is 0.649 bits per heavy atom. The summed E-state index contributed by atoms with van der Waals surface area (Å²) < 4.78 is 5.01. The Morgan fingerprint density at radius 3 is 1.62 bits per heavy atom. The molecule has 0 aliphatic carbocycles. The standard InChI is InChI=1S/C32H38N4O/c1-4-8-23-21-27-14-10-25-12-16-29(33-25)30-17-13-26(34-30)11-15-28-22-24(9-7-20-37)32(36(28)19-6-3)31(23)35(27)18-5-2/h10-17,21-22,37H,4-9,18-20H2,1-3H3. The van der Waals surface area contributed by atoms with E-state index >= 15 is 0 Å². The van der Waals surface area contributed by atoms with Crippen LogP contribution in [0.5, 0.6) is 0 Å². The molecule has 1 N–H and O–H groups in total. The summed E-state index contributed by atoms with van der Waals surface area (Å²) >= 11 is 0. The third-order valence-electron chi connectivity index (χ3n) is 7.09. The van der Waals surface area contributed by atoms with Crippen molar-refractivity contribution in [1.29, 1.82) is 0 Å². The second kappa shape index (κ2) is 11.3. The molecule has 5 heterocycles. The molecule has 8 bridgehead atoms. The summed E-state index contributed by atoms with van der Waals surface area (Å²) in [6.07, 6.45) is 14.1. The summed E-state index contributed by atoms with van der Waals surface area (Å²) in [5.74, 6) is 0. The summed E-state index contributed by atoms with van der Waals surface area (Å²) in [5.41, 5.74) is 11.5. The molecule has 37 heavy (non-hydrogen) atoms. The van der Waals surface area contributed by atoms with Gasteiger partial charge in [0.1, 0.15) is 0 Å². The number of nitrogens with zero attached hydrogens (tertiary/aromatic N) is 4. The van der Waals surface area contributed by atoms with Gasteiger partial charge in [-0.25, -0.2) is 9.97 Å². The fraction of sp³-hybridized carbons (Fsp3) is 0.375. The number of hydrogen-bond donors (Lipinski definition) is 1. The molecule has 0 saturated heterocycles. The Kier molecular flexibility index (Phi) is 7.71. The fourth-order valence-corrected chi connectivity index (χ4v) is 5.51. The Bertz CT molecular complexity index is 1500. The zero-order valence-corrected chi connectivity index (χ0v) is 22.4. The minimum Gasteiger partial charge on any atom is -0.396 e. The summed E-state index contributed by atoms with van der Waals surface area (Å²) in [7, 11) is 0. The Morgan fingerprint density at radius 2 is 1.16 bits per heavy atom. The molecule has 192 valence electrons. The largest absolute Gasteiger partial charge is 0.396 e. The van der Waals surface area contributed by atoms with Crippen LogP contribution in [0.15, 0.2) is 36.4 Å². The average Bonchev–Trinajstić information content (AvgIpc) is 3.67. The number of aliphatic hydroxyl groups is 1. The zero-order valence-electron chi connectivity index (χ0n) is 22.4. The van der Waals surface area contributed by atoms with Crippen LogP contribution in [-0.4, -0.2) is 30.8 Å². The number of aromatic nitrogens is 4. The summed E-state index contributed by atoms with van der Waals surface area (Å²) in [4.78, 5) is 9.66. The van der Waals surface area contributed by atoms with Gasteiger partial charge >= 0.3 is 0 Å². The van der Waals surface area contributed by atoms with Crippen molar-refractivity contribution >= 4 is 46.4 Å². The highest BCUT2D eigenvalue weighted by Gasteiger charge is 2.16. The summed E-state index contributed by atoms with van der Waals surface area (Å²) in [6.45, 7) is 8.85. The molecule has 0 saturated carbocycles. The number of rotatable bonds is 9. The van der Waals surface area contributed by atoms with Gasteiger partial charge in [-0.2, -0.15) is 0 Å². The first-order chi connectivity index (χ1) is 18.2. The van der Waals surface area contributed by atoms with E-state index in [0.717, 1.165) is 74.4 Å². The van der Waals surface area contributed by atoms with Crippen molar-refractivity contribution < 1.29 is 5.11 Å². The van der Waals surface area contributed by atoms with Gasteiger partial charge in [-0.15, -0.1) is 0 Å². The predicted octanol–water partition coefficient (Wildman–Crippen LogP) is 7.30. The van der Waals surface area contributed by atoms with Crippen molar-refractivity contribution in [3.8, 4) is 0 Å². The van der Waals surface area contributed by atoms with E-state index in [4.69, 9.17) is 9.97 Å². The van der Waals surface area contributed by atoms with Crippen molar-refractivity contribution in [3.63, 3.8) is 0 Å². The maximum Gasteiger partial charge on any atom is 0.0894 e. The third-order valence-corrected chi connectivity index (χ3v) is 7.09. The number of hydrogen-bond acceptors (Lipinski definition) is 3. The Hall–Kier alpha value is -3.44. The topological polar surface area (TPSA) is 55.9 Å². The van der Waals surface area contributed by atoms with Crippen molar-refractivity contribution in [2.24, 2.45) is 0 Å². The first-order valence-electron chi connectivity index (χ1n) is 13.9. The van der Waals surface area contributed by atoms with Gasteiger partial charge in [0.2, 0.25) is 0 Å². The quantitative estimate of drug-likeness (QED) is 0.234. The lowest BCUT2D eigenvalue weighted by atomic mass is 10.1. The molecule has 0 atom stereocenters. The molecule has 0 aromatic carbocycles. The van der Waals surface area contributed by atoms with Gasteiger partial charge in [0.05, 0.1) is 33.8 Å². The molecule has 5 nitrogen and oxygen atoms in total. The molecule has 2 aliphatic heterocycles. The van der Waals surface area contributed by atoms with Crippen LogP contribution >= 0.6 is 0 Å². The molecule has 2 aliphatic rings. The van der Waals surface area contributed by atoms with Crippen LogP contribution in [0.3, 0.4) is 0 Å². The van der Waals surface area contributed by atoms with Gasteiger partial charge in [0.15, 0.2) is 0 Å². The molecule has 0 amide bonds. The van der Waals surface area contributed by atoms with Crippen LogP contribution in [0.25, 0.3) is 46.4 Å². The van der Waals surface area contributed by atoms with E-state index in [9.17, 15) is 5.11 Å². The van der Waals surface area contributed by atoms with E-state index in [1.165, 1.54) is 33.2 Å². The van der Waals surface area contributed by atoms with E-state index in [2.05, 4.69) is 84.5 Å². The molecular weight excluding hydrogens is 456 g/mol. The van der Waals surface area contributed by atoms with Crippen molar-refractivity contribution in [2.75, 3.05) is 6.61 Å². The molecule has 0 radical (unpaired) electrons. The second-order valence-electron chi connectivity index (χ2n) is 9.94. The molecule has 5 rings (SSSR count). The number of aryl methyl sites for hydroxylation is 4. The monoisotopic (exact) mass is 494 g/mol. The average molecular weight is 495 g/mol. The van der Waals surface area contributed by atoms with E-state index in [1.54, 1.807) is 0 Å². The van der Waals surface area contributed by atoms with Crippen LogP contribution < -0.4 is 0 Å². The highest BCUT2D eigenvalue weighted by molar-refractivity contribution is 5.89. The first kappa shape index (κ1) is 25.2. The minimum atomic E-state index is 0.198. The van der Waals surface area contributed by atoms with Gasteiger partial charge in [-0.05, 0) is 104 Å². The zero-order chi connectivity index (χ0) is 25.8. The molecule has 3 aromatic rings. The van der Waals surface area contributed by atoms with Crippen molar-refractivity contribution in [1.82, 2.24) is 19.1 Å². The molecule has 0 spiro atoms. The Labute approximate surface area is 219 Å². The van der Waals surface area contributed by atoms with Gasteiger partial charge in [-0.1, -0.05) is 27.2 Å². The maximum absolute atomic E-state index is 9.70. The van der Waals surface area contributed by atoms with E-state index in [-0.39, 0.29) is 6.61 Å². The molecule has 3 aromatic heterocycles. The third kappa shape index (κ3) is 5.05. The lowest BCUT2D eigenvalue weighted by molar-refractivity contribution is 0.289. The van der Waals surface area contributed by atoms with Crippen LogP contribution in [0.4, 0.5) is 0 Å². The van der Waals surface area contributed by atoms with E-state index in [0.29, 0.717) is 0 Å². The van der Waals surface area contributed by atoms with Crippen molar-refractivity contribution in [3.05, 3.63) is 70.3 Å². The Balaban J connectivity index is 1.97. The predicted molar refractivity (Wildman–Crippen MR) is 156 cm³/mol. The molecule has 5 heteroatoms. The van der Waals surface area contributed by atoms with Crippen molar-refractivity contribution in [2.45, 2.75) is 72.4 Å². The fourth-order valence-electron chi connectivity index (χ4n) is 5.51. The lowest BCUT2D eigenvalue weighted by Gasteiger charge is -2.12. The highest BCUT2D eigenvalue weighted by Crippen LogP contribution is 2.31. The highest BCUT2D eigenvalue weighted by atomic mass is 16.2. The van der Waals surface area contributed by atoms with Crippen LogP contribution in [-0.2, 0) is 25.9 Å². The van der Waals surface area contributed by atoms with Crippen LogP contribution in [0, 0.1) is 0 Å². The maximum atomic E-state index is 9.70. The minimum absolute atomic E-state index is 0.198. The van der Waals surface area contributed by atoms with Gasteiger partial charge in [0, 0.05) is 30.7 Å². The van der Waals surface area contributed by atoms with Crippen LogP contribution in [0.2, 0.25) is 0 Å². The van der Waals surface area contributed by atoms with E-state index < -0.39 is 0 Å². The van der Waals surface area contributed by atoms with Crippen LogP contribution in [0.1, 0.15) is 80.4 Å². The van der Waals surface area contributed by atoms with E-state index in [1.807, 2.05) is 6.08 Å². The SMILES string of the molecule is CCCc1cc2ccc3nc(c4nc(ccc5cc(CCCO)c(c1n2CCC)n5CCC)C=C4)C=C3. The molecule has 0 fully saturated rings. The van der Waals surface area contributed by atoms with Gasteiger partial charge in [-0.3, -0.25) is 0 Å². The summed E-state index contributed by atoms with van der Waals surface area (Å²) in [5, 5.41) is 9.70. The first-order valence-corrected chi connectivity index (χ1v) is 13.9. The second-order valence-corrected chi connectivity index (χ2v) is 9.94. The van der Waals surface area contributed by atoms with Gasteiger partial charge < -0.3 is 14.2 Å². The number of aliphatic hydroxyl groups excluding tert-OH is 1. The summed E-state index contributed by atoms with van der Waals surface area (Å²) in [6, 6.07) is 13.4. The lowest BCUT2D eigenvalue weighted by Crippen LogP contribution is -2.03.